The summed E-state index contributed by atoms with van der Waals surface area (Å²) in [4.78, 5) is 31.4. The molecular weight excluding hydrogens is 436 g/mol. The Morgan fingerprint density at radius 1 is 0.943 bits per heavy atom. The number of nitrogens with one attached hydrogen (secondary N) is 1. The van der Waals surface area contributed by atoms with E-state index < -0.39 is 5.54 Å². The lowest BCUT2D eigenvalue weighted by atomic mass is 9.93. The highest BCUT2D eigenvalue weighted by atomic mass is 16.2. The van der Waals surface area contributed by atoms with Gasteiger partial charge in [-0.15, -0.1) is 0 Å². The lowest BCUT2D eigenvalue weighted by Crippen LogP contribution is -2.63. The van der Waals surface area contributed by atoms with Gasteiger partial charge in [-0.25, -0.2) is 0 Å². The van der Waals surface area contributed by atoms with Gasteiger partial charge >= 0.3 is 0 Å². The topological polar surface area (TPSA) is 57.6 Å². The van der Waals surface area contributed by atoms with E-state index >= 15 is 0 Å². The maximum absolute atomic E-state index is 13.9. The molecule has 0 radical (unpaired) electrons. The van der Waals surface area contributed by atoms with Crippen LogP contribution in [0.1, 0.15) is 28.5 Å². The third-order valence-corrected chi connectivity index (χ3v) is 6.92. The number of para-hydroxylation sites is 1. The summed E-state index contributed by atoms with van der Waals surface area (Å²) in [6.07, 6.45) is 0. The van der Waals surface area contributed by atoms with Gasteiger partial charge in [-0.1, -0.05) is 60.7 Å². The number of anilines is 1. The van der Waals surface area contributed by atoms with Gasteiger partial charge in [-0.3, -0.25) is 9.59 Å². The van der Waals surface area contributed by atoms with Crippen LogP contribution in [0.3, 0.4) is 0 Å². The number of hydrogen-bond donors (Lipinski definition) is 1. The van der Waals surface area contributed by atoms with Gasteiger partial charge in [0, 0.05) is 43.8 Å². The van der Waals surface area contributed by atoms with Crippen LogP contribution in [0.15, 0.2) is 84.9 Å². The molecule has 6 heteroatoms. The van der Waals surface area contributed by atoms with E-state index in [1.165, 1.54) is 0 Å². The minimum Gasteiger partial charge on any atom is -0.378 e. The van der Waals surface area contributed by atoms with Crippen molar-refractivity contribution in [3.8, 4) is 0 Å². The van der Waals surface area contributed by atoms with Crippen LogP contribution in [0.5, 0.6) is 0 Å². The zero-order chi connectivity index (χ0) is 24.6. The molecule has 2 heterocycles. The number of aromatic nitrogens is 1. The molecule has 1 atom stereocenters. The molecule has 4 aromatic rings. The second-order valence-corrected chi connectivity index (χ2v) is 9.57. The average molecular weight is 467 g/mol. The van der Waals surface area contributed by atoms with Crippen LogP contribution >= 0.6 is 0 Å². The molecule has 0 bridgehead atoms. The Labute approximate surface area is 205 Å². The highest BCUT2D eigenvalue weighted by Crippen LogP contribution is 2.33. The van der Waals surface area contributed by atoms with Crippen molar-refractivity contribution in [3.05, 3.63) is 102 Å². The van der Waals surface area contributed by atoms with Gasteiger partial charge in [0.15, 0.2) is 0 Å². The number of carbonyl (C=O) groups is 2. The first-order valence-corrected chi connectivity index (χ1v) is 11.9. The third kappa shape index (κ3) is 4.16. The van der Waals surface area contributed by atoms with Crippen LogP contribution in [0.2, 0.25) is 0 Å². The first kappa shape index (κ1) is 22.7. The van der Waals surface area contributed by atoms with Crippen LogP contribution < -0.4 is 10.2 Å². The molecule has 3 aromatic carbocycles. The van der Waals surface area contributed by atoms with Crippen LogP contribution in [0, 0.1) is 0 Å². The van der Waals surface area contributed by atoms with Crippen molar-refractivity contribution in [2.75, 3.05) is 19.0 Å². The fourth-order valence-electron chi connectivity index (χ4n) is 4.80. The molecule has 0 fully saturated rings. The molecule has 178 valence electrons. The SMILES string of the molecule is CN(C)c1ccc(CN2C(=O)c3cc4ccccc4n3CC2(C)C(=O)NCc2ccccc2)cc1. The number of nitrogens with zero attached hydrogens (tertiary/aromatic N) is 3. The van der Waals surface area contributed by atoms with Crippen LogP contribution in [-0.2, 0) is 24.4 Å². The van der Waals surface area contributed by atoms with E-state index in [1.807, 2.05) is 115 Å². The van der Waals surface area contributed by atoms with Gasteiger partial charge in [0.1, 0.15) is 11.2 Å². The molecule has 35 heavy (non-hydrogen) atoms. The fourth-order valence-corrected chi connectivity index (χ4v) is 4.80. The molecule has 0 aliphatic carbocycles. The summed E-state index contributed by atoms with van der Waals surface area (Å²) in [5.41, 5.74) is 3.61. The first-order chi connectivity index (χ1) is 16.9. The molecule has 1 aliphatic heterocycles. The number of amides is 2. The van der Waals surface area contributed by atoms with Crippen molar-refractivity contribution in [2.45, 2.75) is 32.1 Å². The van der Waals surface area contributed by atoms with E-state index in [2.05, 4.69) is 5.32 Å². The van der Waals surface area contributed by atoms with E-state index in [0.29, 0.717) is 25.3 Å². The highest BCUT2D eigenvalue weighted by molar-refractivity contribution is 6.03. The van der Waals surface area contributed by atoms with Crippen LogP contribution in [0.4, 0.5) is 5.69 Å². The monoisotopic (exact) mass is 466 g/mol. The Bertz CT molecular complexity index is 1380. The number of carbonyl (C=O) groups excluding carboxylic acids is 2. The molecule has 0 saturated carbocycles. The lowest BCUT2D eigenvalue weighted by molar-refractivity contribution is -0.133. The number of rotatable bonds is 6. The van der Waals surface area contributed by atoms with Gasteiger partial charge in [0.2, 0.25) is 5.91 Å². The predicted molar refractivity (Wildman–Crippen MR) is 139 cm³/mol. The van der Waals surface area contributed by atoms with Crippen molar-refractivity contribution in [1.82, 2.24) is 14.8 Å². The largest absolute Gasteiger partial charge is 0.378 e. The summed E-state index contributed by atoms with van der Waals surface area (Å²) in [5.74, 6) is -0.301. The van der Waals surface area contributed by atoms with E-state index in [-0.39, 0.29) is 11.8 Å². The molecule has 6 nitrogen and oxygen atoms in total. The number of fused-ring (bicyclic) bond motifs is 3. The van der Waals surface area contributed by atoms with Crippen molar-refractivity contribution in [2.24, 2.45) is 0 Å². The first-order valence-electron chi connectivity index (χ1n) is 11.9. The Morgan fingerprint density at radius 2 is 1.63 bits per heavy atom. The van der Waals surface area contributed by atoms with Gasteiger partial charge in [-0.2, -0.15) is 0 Å². The summed E-state index contributed by atoms with van der Waals surface area (Å²) in [7, 11) is 3.99. The highest BCUT2D eigenvalue weighted by Gasteiger charge is 2.47. The normalized spacial score (nSPS) is 17.3. The summed E-state index contributed by atoms with van der Waals surface area (Å²) in [5, 5.41) is 4.09. The van der Waals surface area contributed by atoms with E-state index in [4.69, 9.17) is 0 Å². The maximum atomic E-state index is 13.9. The zero-order valence-electron chi connectivity index (χ0n) is 20.4. The third-order valence-electron chi connectivity index (χ3n) is 6.92. The van der Waals surface area contributed by atoms with E-state index in [1.54, 1.807) is 4.90 Å². The molecule has 1 N–H and O–H groups in total. The lowest BCUT2D eigenvalue weighted by Gasteiger charge is -2.44. The Balaban J connectivity index is 1.51. The van der Waals surface area contributed by atoms with Gasteiger partial charge < -0.3 is 19.7 Å². The van der Waals surface area contributed by atoms with Crippen molar-refractivity contribution in [1.29, 1.82) is 0 Å². The second-order valence-electron chi connectivity index (χ2n) is 9.57. The Morgan fingerprint density at radius 3 is 2.34 bits per heavy atom. The zero-order valence-corrected chi connectivity index (χ0v) is 20.4. The predicted octanol–water partition coefficient (Wildman–Crippen LogP) is 4.44. The summed E-state index contributed by atoms with van der Waals surface area (Å²) in [6.45, 7) is 3.02. The van der Waals surface area contributed by atoms with Crippen LogP contribution in [0.25, 0.3) is 10.9 Å². The Hall–Kier alpha value is -4.06. The average Bonchev–Trinajstić information content (AvgIpc) is 3.24. The minimum absolute atomic E-state index is 0.138. The molecular formula is C29H30N4O2. The fraction of sp³-hybridized carbons (Fsp3) is 0.241. The molecule has 1 unspecified atom stereocenters. The van der Waals surface area contributed by atoms with Gasteiger partial charge in [0.05, 0.1) is 6.54 Å². The molecule has 1 aromatic heterocycles. The quantitative estimate of drug-likeness (QED) is 0.457. The number of benzene rings is 3. The van der Waals surface area contributed by atoms with Crippen LogP contribution in [-0.4, -0.2) is 40.9 Å². The molecule has 0 saturated heterocycles. The Kier molecular flexibility index (Phi) is 5.81. The van der Waals surface area contributed by atoms with Gasteiger partial charge in [0.25, 0.3) is 5.91 Å². The minimum atomic E-state index is -1.05. The molecule has 5 rings (SSSR count). The summed E-state index contributed by atoms with van der Waals surface area (Å²) < 4.78 is 1.99. The standard InChI is InChI=1S/C29H30N4O2/c1-29(28(35)30-18-21-9-5-4-6-10-21)20-32-25-12-8-7-11-23(25)17-26(32)27(34)33(29)19-22-13-15-24(16-14-22)31(2)3/h4-17H,18-20H2,1-3H3,(H,30,35). The summed E-state index contributed by atoms with van der Waals surface area (Å²) in [6, 6.07) is 27.8. The van der Waals surface area contributed by atoms with Gasteiger partial charge in [-0.05, 0) is 42.3 Å². The second kappa shape index (κ2) is 8.95. The van der Waals surface area contributed by atoms with Crippen molar-refractivity contribution >= 4 is 28.4 Å². The molecule has 2 amide bonds. The van der Waals surface area contributed by atoms with E-state index in [9.17, 15) is 9.59 Å². The van der Waals surface area contributed by atoms with Crippen molar-refractivity contribution in [3.63, 3.8) is 0 Å². The maximum Gasteiger partial charge on any atom is 0.271 e. The summed E-state index contributed by atoms with van der Waals surface area (Å²) >= 11 is 0. The molecule has 1 aliphatic rings. The van der Waals surface area contributed by atoms with E-state index in [0.717, 1.165) is 27.7 Å². The van der Waals surface area contributed by atoms with Crippen molar-refractivity contribution < 1.29 is 9.59 Å². The molecule has 0 spiro atoms. The smallest absolute Gasteiger partial charge is 0.271 e. The number of hydrogen-bond acceptors (Lipinski definition) is 3.